The van der Waals surface area contributed by atoms with Gasteiger partial charge in [0, 0.05) is 32.6 Å². The van der Waals surface area contributed by atoms with E-state index in [4.69, 9.17) is 4.74 Å². The second kappa shape index (κ2) is 8.13. The van der Waals surface area contributed by atoms with E-state index in [1.165, 1.54) is 12.1 Å². The molecule has 4 nitrogen and oxygen atoms in total. The van der Waals surface area contributed by atoms with Gasteiger partial charge in [0.2, 0.25) is 5.91 Å². The van der Waals surface area contributed by atoms with E-state index in [1.54, 1.807) is 6.07 Å². The number of hydrogen-bond donors (Lipinski definition) is 1. The summed E-state index contributed by atoms with van der Waals surface area (Å²) < 4.78 is 19.0. The van der Waals surface area contributed by atoms with Crippen LogP contribution in [0.4, 0.5) is 4.39 Å². The van der Waals surface area contributed by atoms with Crippen LogP contribution in [0.25, 0.3) is 0 Å². The predicted octanol–water partition coefficient (Wildman–Crippen LogP) is 2.22. The van der Waals surface area contributed by atoms with Crippen LogP contribution in [0.2, 0.25) is 0 Å². The van der Waals surface area contributed by atoms with Crippen molar-refractivity contribution < 1.29 is 13.9 Å². The van der Waals surface area contributed by atoms with Gasteiger partial charge >= 0.3 is 0 Å². The number of hydrogen-bond acceptors (Lipinski definition) is 3. The summed E-state index contributed by atoms with van der Waals surface area (Å²) in [5.41, 5.74) is 0.836. The van der Waals surface area contributed by atoms with Crippen LogP contribution in [0.1, 0.15) is 25.8 Å². The van der Waals surface area contributed by atoms with Crippen molar-refractivity contribution in [2.24, 2.45) is 5.92 Å². The van der Waals surface area contributed by atoms with E-state index in [0.717, 1.165) is 31.7 Å². The van der Waals surface area contributed by atoms with Crippen molar-refractivity contribution in [1.82, 2.24) is 10.2 Å². The molecule has 0 spiro atoms. The second-order valence-corrected chi connectivity index (χ2v) is 5.83. The first kappa shape index (κ1) is 16.7. The number of rotatable bonds is 6. The van der Waals surface area contributed by atoms with Crippen LogP contribution in [-0.2, 0) is 11.2 Å². The molecule has 1 fully saturated rings. The molecule has 0 aliphatic carbocycles. The molecule has 5 heteroatoms. The molecule has 1 aliphatic heterocycles. The lowest BCUT2D eigenvalue weighted by Crippen LogP contribution is -2.46. The van der Waals surface area contributed by atoms with E-state index in [9.17, 15) is 9.18 Å². The third-order valence-corrected chi connectivity index (χ3v) is 3.88. The average molecular weight is 308 g/mol. The zero-order valence-corrected chi connectivity index (χ0v) is 13.4. The Balaban J connectivity index is 1.94. The predicted molar refractivity (Wildman–Crippen MR) is 84.5 cm³/mol. The molecular weight excluding hydrogens is 283 g/mol. The summed E-state index contributed by atoms with van der Waals surface area (Å²) in [6.07, 6.45) is 1.13. The summed E-state index contributed by atoms with van der Waals surface area (Å²) in [5.74, 6) is 0.788. The number of carbonyl (C=O) groups is 1. The minimum Gasteiger partial charge on any atom is -0.494 e. The summed E-state index contributed by atoms with van der Waals surface area (Å²) >= 11 is 0. The molecule has 2 rings (SSSR count). The monoisotopic (exact) mass is 308 g/mol. The Bertz CT molecular complexity index is 501. The Hall–Kier alpha value is -1.62. The normalized spacial score (nSPS) is 16.4. The molecule has 1 aliphatic rings. The molecule has 1 saturated heterocycles. The minimum absolute atomic E-state index is 0.156. The topological polar surface area (TPSA) is 41.6 Å². The average Bonchev–Trinajstić information content (AvgIpc) is 2.51. The van der Waals surface area contributed by atoms with Crippen LogP contribution < -0.4 is 10.1 Å². The van der Waals surface area contributed by atoms with E-state index in [0.29, 0.717) is 25.2 Å². The maximum atomic E-state index is 13.5. The highest BCUT2D eigenvalue weighted by Crippen LogP contribution is 2.24. The number of halogens is 1. The number of piperazine rings is 1. The highest BCUT2D eigenvalue weighted by atomic mass is 19.1. The second-order valence-electron chi connectivity index (χ2n) is 5.83. The van der Waals surface area contributed by atoms with Gasteiger partial charge in [0.15, 0.2) is 0 Å². The van der Waals surface area contributed by atoms with E-state index < -0.39 is 0 Å². The van der Waals surface area contributed by atoms with Gasteiger partial charge in [0.25, 0.3) is 0 Å². The van der Waals surface area contributed by atoms with Crippen molar-refractivity contribution in [2.75, 3.05) is 32.8 Å². The molecule has 1 atom stereocenters. The summed E-state index contributed by atoms with van der Waals surface area (Å²) in [6.45, 7) is 7.75. The van der Waals surface area contributed by atoms with Gasteiger partial charge in [0.1, 0.15) is 11.6 Å². The van der Waals surface area contributed by atoms with Crippen LogP contribution >= 0.6 is 0 Å². The molecule has 0 saturated carbocycles. The minimum atomic E-state index is -0.265. The van der Waals surface area contributed by atoms with E-state index in [1.807, 2.05) is 18.7 Å². The van der Waals surface area contributed by atoms with E-state index in [2.05, 4.69) is 5.32 Å². The van der Waals surface area contributed by atoms with Crippen LogP contribution in [0.5, 0.6) is 5.75 Å². The first-order chi connectivity index (χ1) is 10.6. The van der Waals surface area contributed by atoms with Crippen molar-refractivity contribution in [3.63, 3.8) is 0 Å². The highest BCUT2D eigenvalue weighted by Gasteiger charge is 2.19. The SMILES string of the molecule is CCOc1ccc(F)cc1CC(C)CC(=O)N1CCNCC1. The molecule has 0 radical (unpaired) electrons. The maximum Gasteiger partial charge on any atom is 0.222 e. The number of benzene rings is 1. The lowest BCUT2D eigenvalue weighted by atomic mass is 9.96. The van der Waals surface area contributed by atoms with Crippen molar-refractivity contribution >= 4 is 5.91 Å². The lowest BCUT2D eigenvalue weighted by molar-refractivity contribution is -0.132. The van der Waals surface area contributed by atoms with Gasteiger partial charge in [-0.2, -0.15) is 0 Å². The molecule has 1 unspecified atom stereocenters. The Kier molecular flexibility index (Phi) is 6.19. The van der Waals surface area contributed by atoms with Crippen LogP contribution in [0, 0.1) is 11.7 Å². The zero-order chi connectivity index (χ0) is 15.9. The molecule has 1 aromatic rings. The summed E-state index contributed by atoms with van der Waals surface area (Å²) in [5, 5.41) is 3.24. The van der Waals surface area contributed by atoms with E-state index in [-0.39, 0.29) is 17.6 Å². The zero-order valence-electron chi connectivity index (χ0n) is 13.4. The smallest absolute Gasteiger partial charge is 0.222 e. The highest BCUT2D eigenvalue weighted by molar-refractivity contribution is 5.76. The van der Waals surface area contributed by atoms with Crippen molar-refractivity contribution in [3.05, 3.63) is 29.6 Å². The van der Waals surface area contributed by atoms with Gasteiger partial charge in [-0.1, -0.05) is 6.92 Å². The fraction of sp³-hybridized carbons (Fsp3) is 0.588. The number of nitrogens with zero attached hydrogens (tertiary/aromatic N) is 1. The van der Waals surface area contributed by atoms with Crippen LogP contribution in [0.3, 0.4) is 0 Å². The molecule has 122 valence electrons. The number of ether oxygens (including phenoxy) is 1. The first-order valence-corrected chi connectivity index (χ1v) is 8.00. The Morgan fingerprint density at radius 2 is 2.14 bits per heavy atom. The summed E-state index contributed by atoms with van der Waals surface area (Å²) in [7, 11) is 0. The first-order valence-electron chi connectivity index (χ1n) is 8.00. The summed E-state index contributed by atoms with van der Waals surface area (Å²) in [4.78, 5) is 14.2. The van der Waals surface area contributed by atoms with Crippen molar-refractivity contribution in [2.45, 2.75) is 26.7 Å². The number of amides is 1. The van der Waals surface area contributed by atoms with Gasteiger partial charge in [-0.05, 0) is 43.0 Å². The molecule has 0 aromatic heterocycles. The van der Waals surface area contributed by atoms with Crippen LogP contribution in [0.15, 0.2) is 18.2 Å². The van der Waals surface area contributed by atoms with Gasteiger partial charge in [-0.3, -0.25) is 4.79 Å². The third-order valence-electron chi connectivity index (χ3n) is 3.88. The molecule has 22 heavy (non-hydrogen) atoms. The third kappa shape index (κ3) is 4.70. The fourth-order valence-electron chi connectivity index (χ4n) is 2.79. The molecule has 1 aromatic carbocycles. The lowest BCUT2D eigenvalue weighted by Gasteiger charge is -2.28. The largest absolute Gasteiger partial charge is 0.494 e. The van der Waals surface area contributed by atoms with Crippen LogP contribution in [-0.4, -0.2) is 43.6 Å². The molecule has 1 N–H and O–H groups in total. The maximum absolute atomic E-state index is 13.5. The van der Waals surface area contributed by atoms with Crippen molar-refractivity contribution in [3.8, 4) is 5.75 Å². The Morgan fingerprint density at radius 1 is 1.41 bits per heavy atom. The van der Waals surface area contributed by atoms with Crippen molar-refractivity contribution in [1.29, 1.82) is 0 Å². The Labute approximate surface area is 131 Å². The molecule has 1 heterocycles. The van der Waals surface area contributed by atoms with E-state index >= 15 is 0 Å². The molecule has 0 bridgehead atoms. The number of carbonyl (C=O) groups excluding carboxylic acids is 1. The molecule has 1 amide bonds. The van der Waals surface area contributed by atoms with Gasteiger partial charge in [-0.15, -0.1) is 0 Å². The quantitative estimate of drug-likeness (QED) is 0.876. The number of nitrogens with one attached hydrogen (secondary N) is 1. The standard InChI is InChI=1S/C17H25FN2O2/c1-3-22-16-5-4-15(18)12-14(16)10-13(2)11-17(21)20-8-6-19-7-9-20/h4-5,12-13,19H,3,6-11H2,1-2H3. The Morgan fingerprint density at radius 3 is 2.82 bits per heavy atom. The summed E-state index contributed by atoms with van der Waals surface area (Å²) in [6, 6.07) is 4.58. The van der Waals surface area contributed by atoms with Gasteiger partial charge in [-0.25, -0.2) is 4.39 Å². The fourth-order valence-corrected chi connectivity index (χ4v) is 2.79. The molecular formula is C17H25FN2O2. The van der Waals surface area contributed by atoms with Gasteiger partial charge in [0.05, 0.1) is 6.61 Å². The van der Waals surface area contributed by atoms with Gasteiger partial charge < -0.3 is 15.0 Å².